The molecule has 2 amide bonds. The van der Waals surface area contributed by atoms with Crippen molar-refractivity contribution in [2.24, 2.45) is 0 Å². The summed E-state index contributed by atoms with van der Waals surface area (Å²) in [6.45, 7) is 1.38. The van der Waals surface area contributed by atoms with E-state index in [0.29, 0.717) is 5.69 Å². The molecule has 1 aromatic carbocycles. The van der Waals surface area contributed by atoms with Crippen LogP contribution in [0.25, 0.3) is 0 Å². The van der Waals surface area contributed by atoms with Crippen LogP contribution in [0, 0.1) is 0 Å². The van der Waals surface area contributed by atoms with E-state index in [-0.39, 0.29) is 0 Å². The Bertz CT molecular complexity index is 444. The van der Waals surface area contributed by atoms with Gasteiger partial charge in [0.05, 0.1) is 6.61 Å². The zero-order chi connectivity index (χ0) is 14.4. The summed E-state index contributed by atoms with van der Waals surface area (Å²) in [4.78, 5) is 23.8. The van der Waals surface area contributed by atoms with Gasteiger partial charge in [-0.2, -0.15) is 0 Å². The average Bonchev–Trinajstić information content (AvgIpc) is 2.43. The minimum absolute atomic E-state index is 0.578. The van der Waals surface area contributed by atoms with Crippen LogP contribution >= 0.6 is 0 Å². The second-order valence-electron chi connectivity index (χ2n) is 4.10. The highest BCUT2D eigenvalue weighted by Gasteiger charge is 2.21. The van der Waals surface area contributed by atoms with Crippen LogP contribution < -0.4 is 10.2 Å². The predicted molar refractivity (Wildman–Crippen MR) is 71.3 cm³/mol. The normalized spacial score (nSPS) is 11.7. The number of nitrogens with one attached hydrogen (secondary N) is 1. The lowest BCUT2D eigenvalue weighted by atomic mass is 10.1. The largest absolute Gasteiger partial charge is 0.480 e. The summed E-state index contributed by atoms with van der Waals surface area (Å²) in [7, 11) is 1.53. The van der Waals surface area contributed by atoms with Gasteiger partial charge in [0.25, 0.3) is 0 Å². The van der Waals surface area contributed by atoms with E-state index >= 15 is 0 Å². The Morgan fingerprint density at radius 3 is 2.32 bits per heavy atom. The van der Waals surface area contributed by atoms with E-state index in [1.807, 2.05) is 19.1 Å². The molecule has 104 valence electrons. The van der Waals surface area contributed by atoms with Gasteiger partial charge in [-0.3, -0.25) is 4.90 Å². The number of rotatable bonds is 5. The minimum Gasteiger partial charge on any atom is -0.480 e. The third-order valence-electron chi connectivity index (χ3n) is 2.81. The lowest BCUT2D eigenvalue weighted by Crippen LogP contribution is -2.48. The molecule has 6 nitrogen and oxygen atoms in total. The molecule has 1 aromatic rings. The van der Waals surface area contributed by atoms with Crippen molar-refractivity contribution in [1.29, 1.82) is 0 Å². The highest BCUT2D eigenvalue weighted by molar-refractivity contribution is 5.94. The van der Waals surface area contributed by atoms with E-state index in [2.05, 4.69) is 5.32 Å². The van der Waals surface area contributed by atoms with E-state index < -0.39 is 24.6 Å². The maximum atomic E-state index is 11.8. The molecular weight excluding hydrogens is 248 g/mol. The van der Waals surface area contributed by atoms with Crippen LogP contribution in [-0.4, -0.2) is 41.9 Å². The minimum atomic E-state index is -1.30. The molecule has 0 fully saturated rings. The van der Waals surface area contributed by atoms with Crippen molar-refractivity contribution in [1.82, 2.24) is 5.32 Å². The van der Waals surface area contributed by atoms with Gasteiger partial charge in [-0.15, -0.1) is 0 Å². The topological polar surface area (TPSA) is 89.9 Å². The molecule has 0 aliphatic heterocycles. The van der Waals surface area contributed by atoms with Crippen molar-refractivity contribution < 1.29 is 19.8 Å². The Balaban J connectivity index is 2.72. The number of aliphatic carboxylic acids is 1. The number of aliphatic hydroxyl groups excluding tert-OH is 1. The van der Waals surface area contributed by atoms with Crippen molar-refractivity contribution in [2.75, 3.05) is 18.6 Å². The van der Waals surface area contributed by atoms with E-state index in [9.17, 15) is 9.59 Å². The van der Waals surface area contributed by atoms with Crippen LogP contribution in [0.3, 0.4) is 0 Å². The number of carboxylic acid groups (broad SMARTS) is 1. The molecule has 0 aliphatic rings. The number of aliphatic hydroxyl groups is 1. The first-order valence-electron chi connectivity index (χ1n) is 5.96. The van der Waals surface area contributed by atoms with Crippen LogP contribution in [0.4, 0.5) is 10.5 Å². The molecule has 6 heteroatoms. The number of urea groups is 1. The number of nitrogens with zero attached hydrogens (tertiary/aromatic N) is 1. The fraction of sp³-hybridized carbons (Fsp3) is 0.385. The van der Waals surface area contributed by atoms with Crippen LogP contribution in [0.5, 0.6) is 0 Å². The van der Waals surface area contributed by atoms with Gasteiger partial charge >= 0.3 is 12.0 Å². The first-order chi connectivity index (χ1) is 8.99. The first kappa shape index (κ1) is 15.0. The zero-order valence-corrected chi connectivity index (χ0v) is 11.0. The summed E-state index contributed by atoms with van der Waals surface area (Å²) >= 11 is 0. The fourth-order valence-corrected chi connectivity index (χ4v) is 1.50. The second kappa shape index (κ2) is 6.75. The van der Waals surface area contributed by atoms with Gasteiger partial charge in [0.2, 0.25) is 0 Å². The average molecular weight is 266 g/mol. The number of carbonyl (C=O) groups excluding carboxylic acids is 1. The molecule has 0 saturated carbocycles. The van der Waals surface area contributed by atoms with Gasteiger partial charge in [0, 0.05) is 12.7 Å². The van der Waals surface area contributed by atoms with Gasteiger partial charge in [-0.1, -0.05) is 19.1 Å². The second-order valence-corrected chi connectivity index (χ2v) is 4.10. The zero-order valence-electron chi connectivity index (χ0n) is 11.0. The summed E-state index contributed by atoms with van der Waals surface area (Å²) < 4.78 is 0. The molecule has 0 saturated heterocycles. The summed E-state index contributed by atoms with van der Waals surface area (Å²) in [6.07, 6.45) is 0.905. The number of carbonyl (C=O) groups is 2. The molecule has 3 N–H and O–H groups in total. The van der Waals surface area contributed by atoms with Crippen LogP contribution in [-0.2, 0) is 11.2 Å². The van der Waals surface area contributed by atoms with Crippen LogP contribution in [0.1, 0.15) is 12.5 Å². The van der Waals surface area contributed by atoms with Crippen LogP contribution in [0.2, 0.25) is 0 Å². The predicted octanol–water partition coefficient (Wildman–Crippen LogP) is 0.840. The monoisotopic (exact) mass is 266 g/mol. The van der Waals surface area contributed by atoms with Gasteiger partial charge < -0.3 is 15.5 Å². The molecule has 0 aliphatic carbocycles. The number of anilines is 1. The Kier molecular flexibility index (Phi) is 5.32. The molecule has 0 spiro atoms. The molecule has 0 heterocycles. The van der Waals surface area contributed by atoms with Crippen LogP contribution in [0.15, 0.2) is 24.3 Å². The van der Waals surface area contributed by atoms with Gasteiger partial charge in [-0.25, -0.2) is 9.59 Å². The highest BCUT2D eigenvalue weighted by atomic mass is 16.4. The lowest BCUT2D eigenvalue weighted by molar-refractivity contribution is -0.140. The quantitative estimate of drug-likeness (QED) is 0.736. The maximum absolute atomic E-state index is 11.8. The van der Waals surface area contributed by atoms with E-state index in [4.69, 9.17) is 10.2 Å². The summed E-state index contributed by atoms with van der Waals surface area (Å²) in [5.41, 5.74) is 1.80. The third-order valence-corrected chi connectivity index (χ3v) is 2.81. The maximum Gasteiger partial charge on any atom is 0.328 e. The van der Waals surface area contributed by atoms with Crippen molar-refractivity contribution >= 4 is 17.7 Å². The number of hydrogen-bond acceptors (Lipinski definition) is 3. The lowest BCUT2D eigenvalue weighted by Gasteiger charge is -2.20. The van der Waals surface area contributed by atoms with Gasteiger partial charge in [0.15, 0.2) is 6.04 Å². The van der Waals surface area contributed by atoms with E-state index in [1.165, 1.54) is 11.9 Å². The molecule has 0 unspecified atom stereocenters. The molecule has 1 rings (SSSR count). The number of amides is 2. The molecular formula is C13H18N2O4. The molecule has 0 radical (unpaired) electrons. The Labute approximate surface area is 111 Å². The molecule has 1 atom stereocenters. The summed E-state index contributed by atoms with van der Waals surface area (Å²) in [5, 5.41) is 19.8. The molecule has 0 aromatic heterocycles. The number of aryl methyl sites for hydroxylation is 1. The third kappa shape index (κ3) is 3.96. The van der Waals surface area contributed by atoms with E-state index in [1.54, 1.807) is 12.1 Å². The number of benzene rings is 1. The summed E-state index contributed by atoms with van der Waals surface area (Å²) in [6, 6.07) is 5.50. The van der Waals surface area contributed by atoms with Crippen molar-refractivity contribution in [3.8, 4) is 0 Å². The first-order valence-corrected chi connectivity index (χ1v) is 5.96. The van der Waals surface area contributed by atoms with E-state index in [0.717, 1.165) is 12.0 Å². The van der Waals surface area contributed by atoms with Crippen molar-refractivity contribution in [3.05, 3.63) is 29.8 Å². The van der Waals surface area contributed by atoms with Crippen molar-refractivity contribution in [3.63, 3.8) is 0 Å². The fourth-order valence-electron chi connectivity index (χ4n) is 1.50. The van der Waals surface area contributed by atoms with Gasteiger partial charge in [-0.05, 0) is 24.1 Å². The highest BCUT2D eigenvalue weighted by Crippen LogP contribution is 2.14. The Morgan fingerprint density at radius 2 is 1.89 bits per heavy atom. The van der Waals surface area contributed by atoms with Crippen molar-refractivity contribution in [2.45, 2.75) is 19.4 Å². The number of hydrogen-bond donors (Lipinski definition) is 3. The smallest absolute Gasteiger partial charge is 0.328 e. The standard InChI is InChI=1S/C13H18N2O4/c1-3-9-4-6-10(7-5-9)15(2)13(19)14-11(8-16)12(17)18/h4-7,11,16H,3,8H2,1-2H3,(H,14,19)(H,17,18)/t11-/m1/s1. The Hall–Kier alpha value is -2.08. The molecule has 19 heavy (non-hydrogen) atoms. The Morgan fingerprint density at radius 1 is 1.32 bits per heavy atom. The summed E-state index contributed by atoms with van der Waals surface area (Å²) in [5.74, 6) is -1.27. The van der Waals surface area contributed by atoms with Gasteiger partial charge in [0.1, 0.15) is 0 Å². The number of carboxylic acids is 1. The SMILES string of the molecule is CCc1ccc(N(C)C(=O)N[C@H](CO)C(=O)O)cc1. The molecule has 0 bridgehead atoms.